The Morgan fingerprint density at radius 1 is 0.789 bits per heavy atom. The minimum absolute atomic E-state index is 0.245. The van der Waals surface area contributed by atoms with E-state index in [-0.39, 0.29) is 7.92 Å². The third kappa shape index (κ3) is 3.91. The summed E-state index contributed by atoms with van der Waals surface area (Å²) in [6.45, 7) is 7.06. The molecule has 2 aromatic carbocycles. The highest BCUT2D eigenvalue weighted by Crippen LogP contribution is 2.41. The molecule has 0 atom stereocenters. The second kappa shape index (κ2) is 6.35. The molecule has 0 N–H and O–H groups in total. The molecule has 0 aliphatic heterocycles. The molecule has 0 fully saturated rings. The normalized spacial score (nSPS) is 11.8. The van der Waals surface area contributed by atoms with Crippen molar-refractivity contribution >= 4 is 18.5 Å². The lowest BCUT2D eigenvalue weighted by atomic mass is 9.93. The van der Waals surface area contributed by atoms with Crippen molar-refractivity contribution < 1.29 is 0 Å². The first kappa shape index (κ1) is 14.3. The number of rotatable bonds is 5. The first-order chi connectivity index (χ1) is 9.12. The summed E-state index contributed by atoms with van der Waals surface area (Å²) >= 11 is 0. The number of hydrogen-bond acceptors (Lipinski definition) is 0. The predicted octanol–water partition coefficient (Wildman–Crippen LogP) is 4.56. The molecule has 0 unspecified atom stereocenters. The lowest BCUT2D eigenvalue weighted by Crippen LogP contribution is -2.23. The van der Waals surface area contributed by atoms with E-state index in [0.717, 1.165) is 0 Å². The minimum Gasteiger partial charge on any atom is -0.0649 e. The molecular formula is C18H23P. The van der Waals surface area contributed by atoms with Gasteiger partial charge in [0.1, 0.15) is 0 Å². The predicted molar refractivity (Wildman–Crippen MR) is 88.0 cm³/mol. The average Bonchev–Trinajstić information content (AvgIpc) is 2.47. The standard InChI is InChI=1S/C18H23P/c1-4-18(2,3)15-19(16-11-7-5-8-12-16)17-13-9-6-10-14-17/h5-14H,4,15H2,1-3H3. The van der Waals surface area contributed by atoms with Crippen molar-refractivity contribution in [1.82, 2.24) is 0 Å². The maximum Gasteiger partial charge on any atom is -0.0194 e. The van der Waals surface area contributed by atoms with Crippen molar-refractivity contribution in [3.8, 4) is 0 Å². The summed E-state index contributed by atoms with van der Waals surface area (Å²) in [5, 5.41) is 2.98. The summed E-state index contributed by atoms with van der Waals surface area (Å²) in [5.74, 6) is 0. The van der Waals surface area contributed by atoms with Gasteiger partial charge in [0, 0.05) is 0 Å². The molecule has 0 saturated carbocycles. The van der Waals surface area contributed by atoms with Gasteiger partial charge in [0.15, 0.2) is 0 Å². The SMILES string of the molecule is CCC(C)(C)CP(c1ccccc1)c1ccccc1. The van der Waals surface area contributed by atoms with Crippen molar-refractivity contribution in [2.45, 2.75) is 27.2 Å². The molecule has 2 rings (SSSR count). The molecule has 2 aromatic rings. The Hall–Kier alpha value is -1.13. The second-order valence-electron chi connectivity index (χ2n) is 5.78. The van der Waals surface area contributed by atoms with Gasteiger partial charge in [-0.1, -0.05) is 87.9 Å². The highest BCUT2D eigenvalue weighted by molar-refractivity contribution is 7.73. The van der Waals surface area contributed by atoms with Crippen molar-refractivity contribution in [3.05, 3.63) is 60.7 Å². The molecule has 0 spiro atoms. The molecule has 1 heteroatoms. The fourth-order valence-corrected chi connectivity index (χ4v) is 4.89. The summed E-state index contributed by atoms with van der Waals surface area (Å²) in [6, 6.07) is 22.0. The zero-order valence-electron chi connectivity index (χ0n) is 12.1. The van der Waals surface area contributed by atoms with Crippen molar-refractivity contribution in [3.63, 3.8) is 0 Å². The molecule has 100 valence electrons. The van der Waals surface area contributed by atoms with Crippen molar-refractivity contribution in [2.24, 2.45) is 5.41 Å². The molecule has 0 amide bonds. The van der Waals surface area contributed by atoms with E-state index >= 15 is 0 Å². The van der Waals surface area contributed by atoms with Crippen LogP contribution in [-0.2, 0) is 0 Å². The van der Waals surface area contributed by atoms with E-state index in [1.165, 1.54) is 23.2 Å². The lowest BCUT2D eigenvalue weighted by molar-refractivity contribution is 0.406. The maximum absolute atomic E-state index is 2.38. The first-order valence-electron chi connectivity index (χ1n) is 7.00. The van der Waals surface area contributed by atoms with Gasteiger partial charge in [0.05, 0.1) is 0 Å². The zero-order chi connectivity index (χ0) is 13.7. The third-order valence-corrected chi connectivity index (χ3v) is 6.69. The first-order valence-corrected chi connectivity index (χ1v) is 8.53. The van der Waals surface area contributed by atoms with Crippen molar-refractivity contribution in [2.75, 3.05) is 6.16 Å². The maximum atomic E-state index is 2.38. The topological polar surface area (TPSA) is 0 Å². The molecule has 0 aliphatic rings. The van der Waals surface area contributed by atoms with Crippen LogP contribution in [0.25, 0.3) is 0 Å². The molecule has 0 saturated heterocycles. The van der Waals surface area contributed by atoms with Gasteiger partial charge in [-0.2, -0.15) is 0 Å². The smallest absolute Gasteiger partial charge is 0.0194 e. The highest BCUT2D eigenvalue weighted by atomic mass is 31.1. The molecule has 19 heavy (non-hydrogen) atoms. The number of benzene rings is 2. The van der Waals surface area contributed by atoms with Crippen LogP contribution < -0.4 is 10.6 Å². The van der Waals surface area contributed by atoms with E-state index in [1.54, 1.807) is 0 Å². The fourth-order valence-electron chi connectivity index (χ4n) is 2.09. The average molecular weight is 270 g/mol. The van der Waals surface area contributed by atoms with E-state index in [4.69, 9.17) is 0 Å². The van der Waals surface area contributed by atoms with Crippen LogP contribution in [0.4, 0.5) is 0 Å². The van der Waals surface area contributed by atoms with Gasteiger partial charge in [-0.05, 0) is 30.1 Å². The fraction of sp³-hybridized carbons (Fsp3) is 0.333. The van der Waals surface area contributed by atoms with Gasteiger partial charge in [-0.25, -0.2) is 0 Å². The van der Waals surface area contributed by atoms with E-state index in [1.807, 2.05) is 0 Å². The quantitative estimate of drug-likeness (QED) is 0.699. The number of hydrogen-bond donors (Lipinski definition) is 0. The van der Waals surface area contributed by atoms with Crippen LogP contribution in [0.15, 0.2) is 60.7 Å². The van der Waals surface area contributed by atoms with Crippen LogP contribution in [0.2, 0.25) is 0 Å². The highest BCUT2D eigenvalue weighted by Gasteiger charge is 2.23. The molecule has 0 bridgehead atoms. The van der Waals surface area contributed by atoms with Crippen LogP contribution in [-0.4, -0.2) is 6.16 Å². The molecule has 0 heterocycles. The molecule has 0 aromatic heterocycles. The van der Waals surface area contributed by atoms with E-state index in [9.17, 15) is 0 Å². The van der Waals surface area contributed by atoms with E-state index in [0.29, 0.717) is 5.41 Å². The van der Waals surface area contributed by atoms with Crippen LogP contribution in [0.3, 0.4) is 0 Å². The largest absolute Gasteiger partial charge is 0.0649 e. The molecule has 0 aliphatic carbocycles. The summed E-state index contributed by atoms with van der Waals surface area (Å²) < 4.78 is 0. The van der Waals surface area contributed by atoms with Gasteiger partial charge in [-0.3, -0.25) is 0 Å². The zero-order valence-corrected chi connectivity index (χ0v) is 13.0. The minimum atomic E-state index is -0.245. The Labute approximate surface area is 118 Å². The Balaban J connectivity index is 2.35. The van der Waals surface area contributed by atoms with E-state index in [2.05, 4.69) is 81.4 Å². The molecule has 0 nitrogen and oxygen atoms in total. The summed E-state index contributed by atoms with van der Waals surface area (Å²) in [6.07, 6.45) is 2.48. The summed E-state index contributed by atoms with van der Waals surface area (Å²) in [7, 11) is -0.245. The van der Waals surface area contributed by atoms with Gasteiger partial charge < -0.3 is 0 Å². The molecule has 0 radical (unpaired) electrons. The van der Waals surface area contributed by atoms with Crippen LogP contribution >= 0.6 is 7.92 Å². The van der Waals surface area contributed by atoms with Gasteiger partial charge >= 0.3 is 0 Å². The second-order valence-corrected chi connectivity index (χ2v) is 7.98. The third-order valence-electron chi connectivity index (χ3n) is 3.68. The van der Waals surface area contributed by atoms with E-state index < -0.39 is 0 Å². The Morgan fingerprint density at radius 2 is 1.21 bits per heavy atom. The Kier molecular flexibility index (Phi) is 4.77. The summed E-state index contributed by atoms with van der Waals surface area (Å²) in [5.41, 5.74) is 0.400. The van der Waals surface area contributed by atoms with Crippen LogP contribution in [0.1, 0.15) is 27.2 Å². The van der Waals surface area contributed by atoms with Gasteiger partial charge in [-0.15, -0.1) is 0 Å². The molecular weight excluding hydrogens is 247 g/mol. The van der Waals surface area contributed by atoms with Crippen LogP contribution in [0.5, 0.6) is 0 Å². The summed E-state index contributed by atoms with van der Waals surface area (Å²) in [4.78, 5) is 0. The van der Waals surface area contributed by atoms with Gasteiger partial charge in [0.2, 0.25) is 0 Å². The Morgan fingerprint density at radius 3 is 1.58 bits per heavy atom. The van der Waals surface area contributed by atoms with Crippen LogP contribution in [0, 0.1) is 5.41 Å². The van der Waals surface area contributed by atoms with Crippen molar-refractivity contribution in [1.29, 1.82) is 0 Å². The lowest BCUT2D eigenvalue weighted by Gasteiger charge is -2.29. The van der Waals surface area contributed by atoms with Gasteiger partial charge in [0.25, 0.3) is 0 Å². The monoisotopic (exact) mass is 270 g/mol. The Bertz CT molecular complexity index is 448.